The molecule has 3 rings (SSSR count). The van der Waals surface area contributed by atoms with E-state index in [2.05, 4.69) is 16.8 Å². The van der Waals surface area contributed by atoms with Crippen LogP contribution in [0.3, 0.4) is 0 Å². The van der Waals surface area contributed by atoms with Gasteiger partial charge < -0.3 is 10.6 Å². The fourth-order valence-corrected chi connectivity index (χ4v) is 3.22. The molecule has 1 aliphatic heterocycles. The van der Waals surface area contributed by atoms with Crippen LogP contribution in [0.1, 0.15) is 38.2 Å². The largest absolute Gasteiger partial charge is 0.370 e. The maximum absolute atomic E-state index is 13.0. The number of benzene rings is 1. The number of likely N-dealkylation sites (tertiary alicyclic amines) is 1. The van der Waals surface area contributed by atoms with Gasteiger partial charge in [0.1, 0.15) is 5.82 Å². The molecule has 0 bridgehead atoms. The van der Waals surface area contributed by atoms with E-state index >= 15 is 0 Å². The summed E-state index contributed by atoms with van der Waals surface area (Å²) >= 11 is 0. The van der Waals surface area contributed by atoms with Gasteiger partial charge in [-0.1, -0.05) is 19.1 Å². The Morgan fingerprint density at radius 3 is 2.64 bits per heavy atom. The summed E-state index contributed by atoms with van der Waals surface area (Å²) in [4.78, 5) is 6.85. The van der Waals surface area contributed by atoms with Crippen LogP contribution < -0.4 is 5.73 Å². The van der Waals surface area contributed by atoms with E-state index in [1.165, 1.54) is 30.5 Å². The highest BCUT2D eigenvalue weighted by molar-refractivity contribution is 14.0. The van der Waals surface area contributed by atoms with Gasteiger partial charge in [-0.15, -0.1) is 24.0 Å². The smallest absolute Gasteiger partial charge is 0.191 e. The molecule has 5 heteroatoms. The predicted octanol–water partition coefficient (Wildman–Crippen LogP) is 3.52. The first-order chi connectivity index (χ1) is 10.1. The lowest BCUT2D eigenvalue weighted by molar-refractivity contribution is 0.270. The second-order valence-corrected chi connectivity index (χ2v) is 6.66. The molecule has 22 heavy (non-hydrogen) atoms. The fourth-order valence-electron chi connectivity index (χ4n) is 3.22. The summed E-state index contributed by atoms with van der Waals surface area (Å²) in [6.07, 6.45) is 4.71. The molecule has 1 aromatic carbocycles. The van der Waals surface area contributed by atoms with Gasteiger partial charge in [0.2, 0.25) is 0 Å². The van der Waals surface area contributed by atoms with Crippen molar-refractivity contribution in [2.24, 2.45) is 16.6 Å². The number of piperidine rings is 1. The van der Waals surface area contributed by atoms with Gasteiger partial charge in [0.15, 0.2) is 5.96 Å². The number of aliphatic imine (C=N–C) groups is 1. The minimum Gasteiger partial charge on any atom is -0.370 e. The molecule has 122 valence electrons. The molecular formula is C17H25FIN3. The minimum absolute atomic E-state index is 0. The summed E-state index contributed by atoms with van der Waals surface area (Å²) in [5, 5.41) is 0. The van der Waals surface area contributed by atoms with Crippen LogP contribution in [0.25, 0.3) is 0 Å². The van der Waals surface area contributed by atoms with E-state index in [-0.39, 0.29) is 35.2 Å². The molecule has 1 atom stereocenters. The number of guanidine groups is 1. The Labute approximate surface area is 149 Å². The molecule has 3 nitrogen and oxygen atoms in total. The molecule has 2 fully saturated rings. The van der Waals surface area contributed by atoms with Crippen molar-refractivity contribution in [1.82, 2.24) is 4.90 Å². The van der Waals surface area contributed by atoms with Crippen molar-refractivity contribution in [3.05, 3.63) is 35.6 Å². The van der Waals surface area contributed by atoms with Gasteiger partial charge in [0, 0.05) is 18.5 Å². The zero-order chi connectivity index (χ0) is 14.9. The molecule has 1 saturated carbocycles. The van der Waals surface area contributed by atoms with Gasteiger partial charge in [-0.2, -0.15) is 0 Å². The number of rotatable bonds is 3. The summed E-state index contributed by atoms with van der Waals surface area (Å²) in [5.41, 5.74) is 7.45. The first-order valence-corrected chi connectivity index (χ1v) is 7.90. The van der Waals surface area contributed by atoms with Crippen LogP contribution in [0.2, 0.25) is 0 Å². The number of hydrogen-bond donors (Lipinski definition) is 1. The highest BCUT2D eigenvalue weighted by atomic mass is 127. The van der Waals surface area contributed by atoms with Gasteiger partial charge in [-0.25, -0.2) is 4.39 Å². The lowest BCUT2D eigenvalue weighted by Crippen LogP contribution is -2.43. The van der Waals surface area contributed by atoms with Crippen LogP contribution in [-0.2, 0) is 5.41 Å². The van der Waals surface area contributed by atoms with Crippen LogP contribution in [-0.4, -0.2) is 30.5 Å². The average molecular weight is 417 g/mol. The maximum Gasteiger partial charge on any atom is 0.191 e. The third-order valence-corrected chi connectivity index (χ3v) is 4.83. The second kappa shape index (κ2) is 7.15. The van der Waals surface area contributed by atoms with Crippen LogP contribution in [0.4, 0.5) is 4.39 Å². The number of nitrogens with zero attached hydrogens (tertiary/aromatic N) is 2. The number of hydrogen-bond acceptors (Lipinski definition) is 1. The molecule has 1 aromatic rings. The first-order valence-electron chi connectivity index (χ1n) is 7.90. The van der Waals surface area contributed by atoms with E-state index in [9.17, 15) is 4.39 Å². The Morgan fingerprint density at radius 1 is 1.36 bits per heavy atom. The summed E-state index contributed by atoms with van der Waals surface area (Å²) in [6.45, 7) is 5.01. The van der Waals surface area contributed by atoms with Crippen LogP contribution in [0.15, 0.2) is 29.3 Å². The van der Waals surface area contributed by atoms with Crippen LogP contribution >= 0.6 is 24.0 Å². The standard InChI is InChI=1S/C17H24FN3.HI/c1-13-3-2-10-21(11-13)16(19)20-12-17(8-9-17)14-4-6-15(18)7-5-14;/h4-7,13H,2-3,8-12H2,1H3,(H2,19,20);1H. The number of halogens is 2. The molecule has 0 amide bonds. The zero-order valence-electron chi connectivity index (χ0n) is 13.1. The van der Waals surface area contributed by atoms with Crippen LogP contribution in [0.5, 0.6) is 0 Å². The Bertz CT molecular complexity index is 525. The molecule has 1 unspecified atom stereocenters. The Kier molecular flexibility index (Phi) is 5.69. The quantitative estimate of drug-likeness (QED) is 0.465. The normalized spacial score (nSPS) is 23.8. The monoisotopic (exact) mass is 417 g/mol. The lowest BCUT2D eigenvalue weighted by atomic mass is 9.96. The molecule has 2 N–H and O–H groups in total. The van der Waals surface area contributed by atoms with E-state index in [0.29, 0.717) is 11.9 Å². The predicted molar refractivity (Wildman–Crippen MR) is 99.2 cm³/mol. The summed E-state index contributed by atoms with van der Waals surface area (Å²) in [7, 11) is 0. The number of nitrogens with two attached hydrogens (primary N) is 1. The topological polar surface area (TPSA) is 41.6 Å². The maximum atomic E-state index is 13.0. The van der Waals surface area contributed by atoms with Crippen molar-refractivity contribution >= 4 is 29.9 Å². The first kappa shape index (κ1) is 17.5. The van der Waals surface area contributed by atoms with E-state index in [1.54, 1.807) is 0 Å². The van der Waals surface area contributed by atoms with Crippen molar-refractivity contribution in [1.29, 1.82) is 0 Å². The minimum atomic E-state index is -0.181. The summed E-state index contributed by atoms with van der Waals surface area (Å²) in [5.74, 6) is 1.19. The summed E-state index contributed by atoms with van der Waals surface area (Å²) in [6, 6.07) is 6.84. The van der Waals surface area contributed by atoms with Gasteiger partial charge >= 0.3 is 0 Å². The van der Waals surface area contributed by atoms with Crippen molar-refractivity contribution in [2.75, 3.05) is 19.6 Å². The van der Waals surface area contributed by atoms with Crippen molar-refractivity contribution in [2.45, 2.75) is 38.0 Å². The molecule has 1 aliphatic carbocycles. The highest BCUT2D eigenvalue weighted by Crippen LogP contribution is 2.48. The Balaban J connectivity index is 0.00000176. The molecule has 0 radical (unpaired) electrons. The third-order valence-electron chi connectivity index (χ3n) is 4.83. The van der Waals surface area contributed by atoms with Gasteiger partial charge in [0.05, 0.1) is 6.54 Å². The highest BCUT2D eigenvalue weighted by Gasteiger charge is 2.44. The molecule has 1 heterocycles. The van der Waals surface area contributed by atoms with Crippen molar-refractivity contribution < 1.29 is 4.39 Å². The lowest BCUT2D eigenvalue weighted by Gasteiger charge is -2.32. The Morgan fingerprint density at radius 2 is 2.05 bits per heavy atom. The van der Waals surface area contributed by atoms with E-state index in [4.69, 9.17) is 5.73 Å². The molecule has 0 spiro atoms. The Hall–Kier alpha value is -0.850. The second-order valence-electron chi connectivity index (χ2n) is 6.66. The van der Waals surface area contributed by atoms with Gasteiger partial charge in [0.25, 0.3) is 0 Å². The van der Waals surface area contributed by atoms with Gasteiger partial charge in [-0.05, 0) is 49.3 Å². The molecule has 1 saturated heterocycles. The summed E-state index contributed by atoms with van der Waals surface area (Å²) < 4.78 is 13.0. The van der Waals surface area contributed by atoms with E-state index in [0.717, 1.165) is 32.5 Å². The van der Waals surface area contributed by atoms with Crippen molar-refractivity contribution in [3.8, 4) is 0 Å². The van der Waals surface area contributed by atoms with E-state index in [1.807, 2.05) is 12.1 Å². The van der Waals surface area contributed by atoms with E-state index < -0.39 is 0 Å². The third kappa shape index (κ3) is 3.91. The van der Waals surface area contributed by atoms with Gasteiger partial charge in [-0.3, -0.25) is 4.99 Å². The fraction of sp³-hybridized carbons (Fsp3) is 0.588. The van der Waals surface area contributed by atoms with Crippen molar-refractivity contribution in [3.63, 3.8) is 0 Å². The average Bonchev–Trinajstić information content (AvgIpc) is 3.27. The van der Waals surface area contributed by atoms with Crippen LogP contribution in [0, 0.1) is 11.7 Å². The molecule has 2 aliphatic rings. The zero-order valence-corrected chi connectivity index (χ0v) is 15.4. The SMILES string of the molecule is CC1CCCN(C(N)=NCC2(c3ccc(F)cc3)CC2)C1.I. The molecule has 0 aromatic heterocycles. The molecular weight excluding hydrogens is 392 g/mol.